The zero-order chi connectivity index (χ0) is 50.8. The van der Waals surface area contributed by atoms with Crippen LogP contribution in [0, 0.1) is 22.7 Å². The number of rotatable bonds is 7. The number of hydrogen-bond acceptors (Lipinski definition) is 10. The molecule has 0 radical (unpaired) electrons. The molecule has 3 aromatic rings. The molecule has 11 nitrogen and oxygen atoms in total. The largest absolute Gasteiger partial charge is 0.508 e. The van der Waals surface area contributed by atoms with E-state index in [-0.39, 0.29) is 42.9 Å². The summed E-state index contributed by atoms with van der Waals surface area (Å²) in [6.45, 7) is 11.8. The number of aliphatic hydroxyl groups is 5. The highest BCUT2D eigenvalue weighted by Gasteiger charge is 2.68. The first-order valence-corrected chi connectivity index (χ1v) is 25.7. The lowest BCUT2D eigenvalue weighted by molar-refractivity contribution is -0.174. The van der Waals surface area contributed by atoms with Crippen molar-refractivity contribution in [3.05, 3.63) is 171 Å². The van der Waals surface area contributed by atoms with Crippen molar-refractivity contribution in [2.24, 2.45) is 28.4 Å². The van der Waals surface area contributed by atoms with Gasteiger partial charge in [0.2, 0.25) is 5.91 Å². The second-order valence-electron chi connectivity index (χ2n) is 21.7. The molecule has 2 spiro atoms. The van der Waals surface area contributed by atoms with Crippen LogP contribution in [0.15, 0.2) is 137 Å². The van der Waals surface area contributed by atoms with Crippen LogP contribution >= 0.6 is 0 Å². The Morgan fingerprint density at radius 3 is 2.42 bits per heavy atom. The van der Waals surface area contributed by atoms with E-state index in [1.165, 1.54) is 5.57 Å². The van der Waals surface area contributed by atoms with Gasteiger partial charge in [-0.25, -0.2) is 0 Å². The van der Waals surface area contributed by atoms with E-state index in [0.29, 0.717) is 85.6 Å². The van der Waals surface area contributed by atoms with Crippen LogP contribution < -0.4 is 16.4 Å². The van der Waals surface area contributed by atoms with Crippen LogP contribution in [0.2, 0.25) is 0 Å². The first kappa shape index (κ1) is 52.1. The van der Waals surface area contributed by atoms with Crippen LogP contribution in [0.25, 0.3) is 0 Å². The van der Waals surface area contributed by atoms with Gasteiger partial charge < -0.3 is 41.7 Å². The van der Waals surface area contributed by atoms with Crippen molar-refractivity contribution < 1.29 is 40.2 Å². The molecule has 1 amide bonds. The average Bonchev–Trinajstić information content (AvgIpc) is 3.62. The summed E-state index contributed by atoms with van der Waals surface area (Å²) < 4.78 is 0. The molecule has 0 saturated heterocycles. The van der Waals surface area contributed by atoms with Gasteiger partial charge in [0.25, 0.3) is 0 Å². The number of aromatic hydroxyl groups is 1. The number of hydrogen-bond donors (Lipinski definition) is 9. The smallest absolute Gasteiger partial charge is 0.243 e. The quantitative estimate of drug-likeness (QED) is 0.106. The molecule has 2 fully saturated rings. The molecule has 3 aliphatic carbocycles. The number of β-amino-alcohol motifs (C(OH)–C–C–N with tert-alkyl or cyclic N) is 1. The Balaban J connectivity index is 1.19. The Morgan fingerprint density at radius 1 is 0.958 bits per heavy atom. The summed E-state index contributed by atoms with van der Waals surface area (Å²) >= 11 is 0. The summed E-state index contributed by atoms with van der Waals surface area (Å²) in [6, 6.07) is 19.6. The molecule has 71 heavy (non-hydrogen) atoms. The molecule has 2 bridgehead atoms. The van der Waals surface area contributed by atoms with Gasteiger partial charge >= 0.3 is 0 Å². The van der Waals surface area contributed by atoms with Crippen LogP contribution in [0.3, 0.4) is 0 Å². The molecule has 2 saturated carbocycles. The summed E-state index contributed by atoms with van der Waals surface area (Å²) in [5, 5.41) is 77.4. The molecule has 8 rings (SSSR count). The molecule has 3 aromatic carbocycles. The highest BCUT2D eigenvalue weighted by atomic mass is 16.3. The molecule has 10 N–H and O–H groups in total. The van der Waals surface area contributed by atoms with E-state index >= 15 is 4.79 Å². The fourth-order valence-corrected chi connectivity index (χ4v) is 12.9. The summed E-state index contributed by atoms with van der Waals surface area (Å²) in [6.07, 6.45) is 11.7. The van der Waals surface area contributed by atoms with Crippen LogP contribution in [-0.2, 0) is 35.3 Å². The zero-order valence-corrected chi connectivity index (χ0v) is 42.0. The summed E-state index contributed by atoms with van der Waals surface area (Å²) in [7, 11) is 0. The number of carbonyl (C=O) groups excluding carboxylic acids is 2. The number of allylic oxidation sites excluding steroid dienone is 9. The maximum Gasteiger partial charge on any atom is 0.243 e. The van der Waals surface area contributed by atoms with E-state index in [9.17, 15) is 35.4 Å². The molecular weight excluding hydrogens is 891 g/mol. The zero-order valence-electron chi connectivity index (χ0n) is 42.0. The third-order valence-corrected chi connectivity index (χ3v) is 16.8. The van der Waals surface area contributed by atoms with Crippen LogP contribution in [0.1, 0.15) is 125 Å². The topological polar surface area (TPSA) is 206 Å². The molecule has 11 heteroatoms. The maximum atomic E-state index is 15.0. The predicted octanol–water partition coefficient (Wildman–Crippen LogP) is 7.70. The van der Waals surface area contributed by atoms with E-state index in [1.54, 1.807) is 12.1 Å². The third kappa shape index (κ3) is 10.7. The molecule has 10 atom stereocenters. The monoisotopic (exact) mass is 966 g/mol. The fourth-order valence-electron chi connectivity index (χ4n) is 12.9. The number of nitrogens with one attached hydrogen (secondary N) is 2. The Labute approximate surface area is 419 Å². The number of phenolic OH excluding ortho intramolecular Hbond substituents is 1. The Morgan fingerprint density at radius 2 is 1.69 bits per heavy atom. The minimum absolute atomic E-state index is 0.0442. The molecule has 10 unspecified atom stereocenters. The van der Waals surface area contributed by atoms with E-state index < -0.39 is 52.9 Å². The SMILES string of the molecule is C=C(C=C1C=CC2(CCC3(C4CCC(O)Cc5cccc(c5)CC(Cc5ccc(O)cc5)C(O)CNC5C(=O)NC(N)c6cccc(c65)CC(=O)C(C)=C4CCC3(C)O)C2O)C(CO)=C1)CCC=C(C)C. The Hall–Kier alpha value is -5.24. The van der Waals surface area contributed by atoms with Gasteiger partial charge in [-0.15, -0.1) is 0 Å². The highest BCUT2D eigenvalue weighted by molar-refractivity contribution is 5.98. The number of aliphatic hydroxyl groups excluding tert-OH is 4. The van der Waals surface area contributed by atoms with Crippen molar-refractivity contribution in [1.82, 2.24) is 10.6 Å². The molecule has 2 heterocycles. The van der Waals surface area contributed by atoms with Crippen molar-refractivity contribution in [1.29, 1.82) is 0 Å². The second-order valence-corrected chi connectivity index (χ2v) is 21.7. The van der Waals surface area contributed by atoms with Crippen molar-refractivity contribution in [2.75, 3.05) is 13.2 Å². The number of fused-ring (bicyclic) bond motifs is 4. The number of carbonyl (C=O) groups is 2. The minimum Gasteiger partial charge on any atom is -0.508 e. The van der Waals surface area contributed by atoms with Crippen molar-refractivity contribution in [3.8, 4) is 5.75 Å². The van der Waals surface area contributed by atoms with Crippen LogP contribution in [0.5, 0.6) is 5.75 Å². The molecular formula is C60H75N3O8. The van der Waals surface area contributed by atoms with Crippen molar-refractivity contribution in [2.45, 2.75) is 141 Å². The number of ketones is 1. The Kier molecular flexibility index (Phi) is 15.7. The number of phenols is 1. The van der Waals surface area contributed by atoms with Gasteiger partial charge in [0, 0.05) is 23.8 Å². The molecule has 378 valence electrons. The average molecular weight is 966 g/mol. The maximum absolute atomic E-state index is 15.0. The van der Waals surface area contributed by atoms with Gasteiger partial charge in [-0.1, -0.05) is 108 Å². The lowest BCUT2D eigenvalue weighted by Crippen LogP contribution is -2.61. The standard InChI is InChI=1S/C60H75N3O8/c1-36(2)9-6-10-37(3)27-42-21-24-59(45(31-42)35-64)25-26-60(57(59)70)50-20-19-47(66)32-41-12-7-11-40(28-41)30-44(29-39-15-17-46(65)18-16-39)52(68)34-62-54-53-43(13-8-14-49(53)55(61)63-56(54)69)33-51(67)38(4)48(50)22-23-58(60,5)71/h7-9,11-18,21,24,27-28,31,44,47,50,52,54-55,57,62,64-66,68,70-71H,3,6,10,19-20,22-23,25-26,29-30,32-35,61H2,1-2,4-5H3,(H,63,69). The Bertz CT molecular complexity index is 2660. The summed E-state index contributed by atoms with van der Waals surface area (Å²) in [4.78, 5) is 28.9. The van der Waals surface area contributed by atoms with Gasteiger partial charge in [-0.05, 0) is 172 Å². The number of Topliss-reactive ketones (excluding diaryl/α,β-unsaturated/α-hetero) is 1. The lowest BCUT2D eigenvalue weighted by atomic mass is 9.51. The second kappa shape index (κ2) is 21.5. The first-order valence-electron chi connectivity index (χ1n) is 25.7. The van der Waals surface area contributed by atoms with Gasteiger partial charge in [-0.3, -0.25) is 14.9 Å². The number of nitrogens with two attached hydrogens (primary N) is 1. The van der Waals surface area contributed by atoms with E-state index in [1.807, 2.05) is 86.7 Å². The third-order valence-electron chi connectivity index (χ3n) is 16.8. The number of benzene rings is 3. The van der Waals surface area contributed by atoms with Gasteiger partial charge in [0.05, 0.1) is 30.5 Å². The van der Waals surface area contributed by atoms with Gasteiger partial charge in [0.1, 0.15) is 18.0 Å². The van der Waals surface area contributed by atoms with Crippen molar-refractivity contribution >= 4 is 11.7 Å². The van der Waals surface area contributed by atoms with E-state index in [2.05, 4.69) is 43.2 Å². The molecule has 2 aliphatic heterocycles. The van der Waals surface area contributed by atoms with Crippen LogP contribution in [-0.4, -0.2) is 79.4 Å². The highest BCUT2D eigenvalue weighted by Crippen LogP contribution is 2.67. The van der Waals surface area contributed by atoms with E-state index in [0.717, 1.165) is 46.3 Å². The van der Waals surface area contributed by atoms with Crippen molar-refractivity contribution in [3.63, 3.8) is 0 Å². The lowest BCUT2D eigenvalue weighted by Gasteiger charge is -2.57. The minimum atomic E-state index is -1.38. The van der Waals surface area contributed by atoms with E-state index in [4.69, 9.17) is 5.73 Å². The van der Waals surface area contributed by atoms with Crippen LogP contribution in [0.4, 0.5) is 0 Å². The summed E-state index contributed by atoms with van der Waals surface area (Å²) in [5.74, 6) is -1.21. The predicted molar refractivity (Wildman–Crippen MR) is 278 cm³/mol. The summed E-state index contributed by atoms with van der Waals surface area (Å²) in [5.41, 5.74) is 12.9. The normalized spacial score (nSPS) is 32.0. The van der Waals surface area contributed by atoms with Gasteiger partial charge in [0.15, 0.2) is 5.78 Å². The molecule has 0 aromatic heterocycles. The molecule has 5 aliphatic rings. The van der Waals surface area contributed by atoms with Gasteiger partial charge in [-0.2, -0.15) is 0 Å². The first-order chi connectivity index (χ1) is 33.8. The number of amides is 1. The fraction of sp³-hybridized carbons (Fsp3) is 0.467.